The van der Waals surface area contributed by atoms with Crippen LogP contribution in [0.2, 0.25) is 0 Å². The van der Waals surface area contributed by atoms with Gasteiger partial charge >= 0.3 is 6.36 Å². The summed E-state index contributed by atoms with van der Waals surface area (Å²) in [5, 5.41) is 0. The van der Waals surface area contributed by atoms with Gasteiger partial charge in [0.05, 0.1) is 5.69 Å². The zero-order valence-corrected chi connectivity index (χ0v) is 8.72. The molecule has 0 atom stereocenters. The van der Waals surface area contributed by atoms with E-state index in [2.05, 4.69) is 9.72 Å². The minimum atomic E-state index is -4.66. The van der Waals surface area contributed by atoms with Crippen LogP contribution in [0.15, 0.2) is 12.3 Å². The van der Waals surface area contributed by atoms with Gasteiger partial charge in [-0.1, -0.05) is 13.8 Å². The Morgan fingerprint density at radius 1 is 1.33 bits per heavy atom. The van der Waals surface area contributed by atoms with Crippen LogP contribution in [0.3, 0.4) is 0 Å². The largest absolute Gasteiger partial charge is 0.573 e. The van der Waals surface area contributed by atoms with Gasteiger partial charge in [0.15, 0.2) is 5.75 Å². The second-order valence-corrected chi connectivity index (χ2v) is 3.55. The second-order valence-electron chi connectivity index (χ2n) is 3.55. The number of ether oxygens (including phenoxy) is 1. The van der Waals surface area contributed by atoms with E-state index in [1.807, 2.05) is 13.8 Å². The lowest BCUT2D eigenvalue weighted by Gasteiger charge is -2.13. The number of pyridine rings is 1. The average Bonchev–Trinajstić information content (AvgIpc) is 2.06. The molecular formula is C10H12F3NO. The summed E-state index contributed by atoms with van der Waals surface area (Å²) in [4.78, 5) is 3.86. The summed E-state index contributed by atoms with van der Waals surface area (Å²) in [6, 6.07) is 1.38. The molecule has 0 amide bonds. The maximum Gasteiger partial charge on any atom is 0.573 e. The van der Waals surface area contributed by atoms with E-state index in [4.69, 9.17) is 0 Å². The van der Waals surface area contributed by atoms with Crippen molar-refractivity contribution in [1.29, 1.82) is 0 Å². The Bertz CT molecular complexity index is 347. The third-order valence-corrected chi connectivity index (χ3v) is 1.95. The number of aryl methyl sites for hydroxylation is 1. The van der Waals surface area contributed by atoms with Gasteiger partial charge in [0, 0.05) is 6.20 Å². The third kappa shape index (κ3) is 3.42. The van der Waals surface area contributed by atoms with E-state index in [0.717, 1.165) is 5.56 Å². The van der Waals surface area contributed by atoms with Crippen molar-refractivity contribution in [2.75, 3.05) is 0 Å². The van der Waals surface area contributed by atoms with Gasteiger partial charge < -0.3 is 4.74 Å². The lowest BCUT2D eigenvalue weighted by atomic mass is 10.1. The van der Waals surface area contributed by atoms with Gasteiger partial charge in [0.2, 0.25) is 0 Å². The third-order valence-electron chi connectivity index (χ3n) is 1.95. The van der Waals surface area contributed by atoms with Crippen molar-refractivity contribution in [1.82, 2.24) is 4.98 Å². The van der Waals surface area contributed by atoms with Crippen molar-refractivity contribution in [2.45, 2.75) is 33.1 Å². The molecule has 0 aliphatic heterocycles. The summed E-state index contributed by atoms with van der Waals surface area (Å²) >= 11 is 0. The summed E-state index contributed by atoms with van der Waals surface area (Å²) in [5.74, 6) is -0.109. The average molecular weight is 219 g/mol. The number of rotatable bonds is 2. The lowest BCUT2D eigenvalue weighted by molar-refractivity contribution is -0.275. The quantitative estimate of drug-likeness (QED) is 0.760. The van der Waals surface area contributed by atoms with E-state index in [0.29, 0.717) is 0 Å². The predicted octanol–water partition coefficient (Wildman–Crippen LogP) is 3.41. The second kappa shape index (κ2) is 4.08. The highest BCUT2D eigenvalue weighted by atomic mass is 19.4. The number of nitrogens with zero attached hydrogens (tertiary/aromatic N) is 1. The smallest absolute Gasteiger partial charge is 0.404 e. The van der Waals surface area contributed by atoms with Gasteiger partial charge in [0.25, 0.3) is 0 Å². The molecule has 0 unspecified atom stereocenters. The molecule has 0 N–H and O–H groups in total. The fraction of sp³-hybridized carbons (Fsp3) is 0.500. The monoisotopic (exact) mass is 219 g/mol. The molecule has 0 aromatic carbocycles. The highest BCUT2D eigenvalue weighted by Crippen LogP contribution is 2.27. The summed E-state index contributed by atoms with van der Waals surface area (Å²) in [6.45, 7) is 5.23. The molecule has 0 spiro atoms. The van der Waals surface area contributed by atoms with Crippen LogP contribution in [-0.4, -0.2) is 11.3 Å². The highest BCUT2D eigenvalue weighted by Gasteiger charge is 2.32. The Labute approximate surface area is 86.1 Å². The first-order chi connectivity index (χ1) is 6.79. The van der Waals surface area contributed by atoms with Crippen molar-refractivity contribution in [2.24, 2.45) is 0 Å². The zero-order valence-electron chi connectivity index (χ0n) is 8.72. The van der Waals surface area contributed by atoms with Crippen LogP contribution >= 0.6 is 0 Å². The Hall–Kier alpha value is -1.26. The summed E-state index contributed by atoms with van der Waals surface area (Å²) in [5.41, 5.74) is 0.955. The van der Waals surface area contributed by atoms with E-state index >= 15 is 0 Å². The number of alkyl halides is 3. The molecule has 1 rings (SSSR count). The molecule has 0 radical (unpaired) electrons. The molecule has 1 aromatic rings. The Morgan fingerprint density at radius 3 is 2.40 bits per heavy atom. The van der Waals surface area contributed by atoms with Crippen molar-refractivity contribution < 1.29 is 17.9 Å². The molecule has 1 heterocycles. The van der Waals surface area contributed by atoms with Gasteiger partial charge in [-0.05, 0) is 24.5 Å². The molecule has 2 nitrogen and oxygen atoms in total. The highest BCUT2D eigenvalue weighted by molar-refractivity contribution is 5.32. The minimum absolute atomic E-state index is 0.119. The van der Waals surface area contributed by atoms with E-state index in [9.17, 15) is 13.2 Å². The van der Waals surface area contributed by atoms with Crippen LogP contribution in [0.1, 0.15) is 31.0 Å². The summed E-state index contributed by atoms with van der Waals surface area (Å²) < 4.78 is 39.9. The normalized spacial score (nSPS) is 11.9. The standard InChI is InChI=1S/C10H12F3NO/c1-6(2)8-4-9(7(3)14-5-8)15-10(11,12)13/h4-6H,1-3H3. The first-order valence-electron chi connectivity index (χ1n) is 4.52. The van der Waals surface area contributed by atoms with E-state index in [1.165, 1.54) is 13.0 Å². The predicted molar refractivity (Wildman–Crippen MR) is 49.7 cm³/mol. The van der Waals surface area contributed by atoms with E-state index in [1.54, 1.807) is 6.20 Å². The van der Waals surface area contributed by atoms with Gasteiger partial charge in [-0.2, -0.15) is 0 Å². The minimum Gasteiger partial charge on any atom is -0.404 e. The molecule has 0 saturated heterocycles. The van der Waals surface area contributed by atoms with Crippen molar-refractivity contribution >= 4 is 0 Å². The van der Waals surface area contributed by atoms with Gasteiger partial charge in [-0.15, -0.1) is 13.2 Å². The fourth-order valence-electron chi connectivity index (χ4n) is 1.07. The van der Waals surface area contributed by atoms with Crippen LogP contribution in [-0.2, 0) is 0 Å². The Kier molecular flexibility index (Phi) is 3.21. The summed E-state index contributed by atoms with van der Waals surface area (Å²) in [7, 11) is 0. The van der Waals surface area contributed by atoms with Crippen LogP contribution < -0.4 is 4.74 Å². The maximum absolute atomic E-state index is 12.0. The molecule has 0 bridgehead atoms. The lowest BCUT2D eigenvalue weighted by Crippen LogP contribution is -2.18. The molecule has 0 saturated carbocycles. The molecular weight excluding hydrogens is 207 g/mol. The van der Waals surface area contributed by atoms with Gasteiger partial charge in [-0.25, -0.2) is 0 Å². The number of hydrogen-bond acceptors (Lipinski definition) is 2. The molecule has 0 fully saturated rings. The topological polar surface area (TPSA) is 22.1 Å². The molecule has 15 heavy (non-hydrogen) atoms. The van der Waals surface area contributed by atoms with Crippen LogP contribution in [0.5, 0.6) is 5.75 Å². The first kappa shape index (κ1) is 11.8. The van der Waals surface area contributed by atoms with Crippen LogP contribution in [0, 0.1) is 6.92 Å². The Morgan fingerprint density at radius 2 is 1.93 bits per heavy atom. The van der Waals surface area contributed by atoms with Crippen LogP contribution in [0.4, 0.5) is 13.2 Å². The fourth-order valence-corrected chi connectivity index (χ4v) is 1.07. The molecule has 0 aliphatic rings. The SMILES string of the molecule is Cc1ncc(C(C)C)cc1OC(F)(F)F. The molecule has 0 aliphatic carbocycles. The van der Waals surface area contributed by atoms with Gasteiger partial charge in [-0.3, -0.25) is 4.98 Å². The van der Waals surface area contributed by atoms with Crippen molar-refractivity contribution in [3.8, 4) is 5.75 Å². The number of aromatic nitrogens is 1. The first-order valence-corrected chi connectivity index (χ1v) is 4.52. The molecule has 84 valence electrons. The molecule has 5 heteroatoms. The zero-order chi connectivity index (χ0) is 11.6. The molecule has 1 aromatic heterocycles. The number of hydrogen-bond donors (Lipinski definition) is 0. The Balaban J connectivity index is 3.01. The van der Waals surface area contributed by atoms with Crippen LogP contribution in [0.25, 0.3) is 0 Å². The summed E-state index contributed by atoms with van der Waals surface area (Å²) in [6.07, 6.45) is -3.11. The van der Waals surface area contributed by atoms with E-state index < -0.39 is 6.36 Å². The van der Waals surface area contributed by atoms with Crippen molar-refractivity contribution in [3.63, 3.8) is 0 Å². The maximum atomic E-state index is 12.0. The van der Waals surface area contributed by atoms with E-state index in [-0.39, 0.29) is 17.4 Å². The number of halogens is 3. The van der Waals surface area contributed by atoms with Gasteiger partial charge in [0.1, 0.15) is 0 Å². The van der Waals surface area contributed by atoms with Crippen molar-refractivity contribution in [3.05, 3.63) is 23.5 Å².